The van der Waals surface area contributed by atoms with Crippen LogP contribution in [0.15, 0.2) is 97.7 Å². The van der Waals surface area contributed by atoms with Crippen LogP contribution < -0.4 is 10.4 Å². The molecule has 0 N–H and O–H groups in total. The van der Waals surface area contributed by atoms with Gasteiger partial charge in [0.2, 0.25) is 4.80 Å². The first kappa shape index (κ1) is 22.1. The molecule has 0 aliphatic carbocycles. The summed E-state index contributed by atoms with van der Waals surface area (Å²) in [6.07, 6.45) is 3.28. The highest BCUT2D eigenvalue weighted by Gasteiger charge is 2.17. The van der Waals surface area contributed by atoms with Crippen LogP contribution in [0.5, 0.6) is 0 Å². The molecule has 9 heteroatoms. The van der Waals surface area contributed by atoms with Crippen molar-refractivity contribution >= 4 is 23.2 Å². The van der Waals surface area contributed by atoms with Crippen molar-refractivity contribution in [3.8, 4) is 23.2 Å². The number of thiazole rings is 1. The lowest BCUT2D eigenvalue weighted by molar-refractivity contribution is 0.575. The van der Waals surface area contributed by atoms with Crippen LogP contribution in [0.1, 0.15) is 16.8 Å². The smallest absolute Gasteiger partial charge is 0.297 e. The monoisotopic (exact) mass is 480 g/mol. The Hall–Kier alpha value is -4.68. The van der Waals surface area contributed by atoms with Gasteiger partial charge in [-0.1, -0.05) is 30.3 Å². The maximum absolute atomic E-state index is 13.4. The molecule has 0 unspecified atom stereocenters. The van der Waals surface area contributed by atoms with Crippen LogP contribution in [0, 0.1) is 18.3 Å². The zero-order valence-corrected chi connectivity index (χ0v) is 19.8. The molecule has 0 saturated carbocycles. The van der Waals surface area contributed by atoms with E-state index in [9.17, 15) is 4.79 Å². The predicted molar refractivity (Wildman–Crippen MR) is 135 cm³/mol. The van der Waals surface area contributed by atoms with Crippen molar-refractivity contribution in [1.82, 2.24) is 14.0 Å². The Bertz CT molecular complexity index is 1680. The van der Waals surface area contributed by atoms with Crippen LogP contribution in [0.25, 0.3) is 17.1 Å². The molecule has 0 bridgehead atoms. The average Bonchev–Trinajstić information content (AvgIpc) is 3.60. The number of hydrogen-bond donors (Lipinski definition) is 0. The zero-order chi connectivity index (χ0) is 24.4. The van der Waals surface area contributed by atoms with E-state index >= 15 is 0 Å². The summed E-state index contributed by atoms with van der Waals surface area (Å²) < 4.78 is 10.6. The average molecular weight is 481 g/mol. The van der Waals surface area contributed by atoms with E-state index in [-0.39, 0.29) is 5.56 Å². The van der Waals surface area contributed by atoms with Crippen molar-refractivity contribution in [3.63, 3.8) is 0 Å². The molecule has 0 fully saturated rings. The van der Waals surface area contributed by atoms with Crippen LogP contribution in [0.4, 0.5) is 5.69 Å². The normalized spacial score (nSPS) is 11.9. The van der Waals surface area contributed by atoms with Crippen molar-refractivity contribution in [1.29, 1.82) is 5.26 Å². The van der Waals surface area contributed by atoms with Gasteiger partial charge in [-0.05, 0) is 48.9 Å². The number of benzene rings is 2. The zero-order valence-electron chi connectivity index (χ0n) is 19.0. The van der Waals surface area contributed by atoms with Crippen LogP contribution in [0.3, 0.4) is 0 Å². The molecule has 0 aliphatic rings. The van der Waals surface area contributed by atoms with Gasteiger partial charge < -0.3 is 4.42 Å². The molecule has 0 aliphatic heterocycles. The fourth-order valence-corrected chi connectivity index (χ4v) is 4.45. The molecular weight excluding hydrogens is 460 g/mol. The Morgan fingerprint density at radius 2 is 1.83 bits per heavy atom. The molecule has 0 amide bonds. The highest BCUT2D eigenvalue weighted by atomic mass is 32.1. The van der Waals surface area contributed by atoms with Crippen molar-refractivity contribution in [2.75, 3.05) is 0 Å². The first-order chi connectivity index (χ1) is 17.1. The summed E-state index contributed by atoms with van der Waals surface area (Å²) in [7, 11) is 1.84. The number of rotatable bonds is 5. The number of hydrogen-bond acceptors (Lipinski definition) is 6. The summed E-state index contributed by atoms with van der Waals surface area (Å²) >= 11 is 1.36. The number of para-hydroxylation sites is 1. The molecule has 0 spiro atoms. The topological polar surface area (TPSA) is 93.5 Å². The summed E-state index contributed by atoms with van der Waals surface area (Å²) in [6.45, 7) is 1.87. The number of furan rings is 1. The fourth-order valence-electron chi connectivity index (χ4n) is 3.63. The van der Waals surface area contributed by atoms with Gasteiger partial charge in [-0.3, -0.25) is 9.48 Å². The Kier molecular flexibility index (Phi) is 5.87. The molecular formula is C26H20N6O2S. The van der Waals surface area contributed by atoms with Crippen molar-refractivity contribution in [2.24, 2.45) is 17.1 Å². The standard InChI is InChI=1S/C26H20N6O2S/c1-18-24(25(33)32(30(18)2)21-7-4-3-5-8-21)29-26-31(22(17-35-26)23-9-6-14-34-23)28-16-20-12-10-19(15-27)11-13-20/h3-14,16-17H,1-2H3. The van der Waals surface area contributed by atoms with Crippen LogP contribution in [0.2, 0.25) is 0 Å². The van der Waals surface area contributed by atoms with Crippen LogP contribution in [-0.2, 0) is 7.05 Å². The molecule has 5 rings (SSSR count). The van der Waals surface area contributed by atoms with E-state index in [2.05, 4.69) is 11.2 Å². The van der Waals surface area contributed by atoms with Crippen LogP contribution >= 0.6 is 11.3 Å². The van der Waals surface area contributed by atoms with Crippen molar-refractivity contribution in [2.45, 2.75) is 6.92 Å². The van der Waals surface area contributed by atoms with E-state index in [0.717, 1.165) is 16.9 Å². The highest BCUT2D eigenvalue weighted by Crippen LogP contribution is 2.22. The van der Waals surface area contributed by atoms with Gasteiger partial charge in [-0.15, -0.1) is 11.3 Å². The lowest BCUT2D eigenvalue weighted by Crippen LogP contribution is -2.19. The summed E-state index contributed by atoms with van der Waals surface area (Å²) in [4.78, 5) is 18.6. The van der Waals surface area contributed by atoms with Gasteiger partial charge >= 0.3 is 0 Å². The van der Waals surface area contributed by atoms with Gasteiger partial charge in [0.1, 0.15) is 5.69 Å². The molecule has 3 heterocycles. The molecule has 2 aromatic carbocycles. The maximum Gasteiger partial charge on any atom is 0.297 e. The molecule has 0 atom stereocenters. The quantitative estimate of drug-likeness (QED) is 0.344. The van der Waals surface area contributed by atoms with Gasteiger partial charge in [0.05, 0.1) is 35.5 Å². The van der Waals surface area contributed by atoms with Crippen LogP contribution in [-0.4, -0.2) is 20.3 Å². The Morgan fingerprint density at radius 3 is 2.51 bits per heavy atom. The fraction of sp³-hybridized carbons (Fsp3) is 0.0769. The minimum absolute atomic E-state index is 0.216. The van der Waals surface area contributed by atoms with E-state index in [4.69, 9.17) is 14.7 Å². The van der Waals surface area contributed by atoms with Gasteiger partial charge in [0.25, 0.3) is 5.56 Å². The summed E-state index contributed by atoms with van der Waals surface area (Å²) in [5, 5.41) is 15.6. The molecule has 3 aromatic heterocycles. The predicted octanol–water partition coefficient (Wildman–Crippen LogP) is 4.59. The lowest BCUT2D eigenvalue weighted by atomic mass is 10.2. The first-order valence-electron chi connectivity index (χ1n) is 10.7. The second kappa shape index (κ2) is 9.29. The number of aromatic nitrogens is 3. The van der Waals surface area contributed by atoms with E-state index in [1.807, 2.05) is 67.9 Å². The lowest BCUT2D eigenvalue weighted by Gasteiger charge is -2.07. The molecule has 0 radical (unpaired) electrons. The minimum atomic E-state index is -0.216. The summed E-state index contributed by atoms with van der Waals surface area (Å²) in [6, 6.07) is 22.3. The Morgan fingerprint density at radius 1 is 1.06 bits per heavy atom. The van der Waals surface area contributed by atoms with Crippen molar-refractivity contribution < 1.29 is 4.42 Å². The van der Waals surface area contributed by atoms with E-state index in [0.29, 0.717) is 27.5 Å². The third kappa shape index (κ3) is 4.18. The van der Waals surface area contributed by atoms with E-state index in [1.54, 1.807) is 44.7 Å². The van der Waals surface area contributed by atoms with E-state index < -0.39 is 0 Å². The maximum atomic E-state index is 13.4. The second-order valence-corrected chi connectivity index (χ2v) is 8.53. The van der Waals surface area contributed by atoms with Gasteiger partial charge in [0.15, 0.2) is 11.4 Å². The van der Waals surface area contributed by atoms with Crippen molar-refractivity contribution in [3.05, 3.63) is 110 Å². The largest absolute Gasteiger partial charge is 0.463 e. The molecule has 0 saturated heterocycles. The Labute approximate surface area is 204 Å². The molecule has 35 heavy (non-hydrogen) atoms. The highest BCUT2D eigenvalue weighted by molar-refractivity contribution is 7.07. The van der Waals surface area contributed by atoms with E-state index in [1.165, 1.54) is 11.3 Å². The second-order valence-electron chi connectivity index (χ2n) is 7.69. The minimum Gasteiger partial charge on any atom is -0.463 e. The van der Waals surface area contributed by atoms with Gasteiger partial charge in [-0.25, -0.2) is 14.4 Å². The molecule has 5 aromatic rings. The summed E-state index contributed by atoms with van der Waals surface area (Å²) in [5.74, 6) is 0.631. The number of nitriles is 1. The molecule has 8 nitrogen and oxygen atoms in total. The number of nitrogens with zero attached hydrogens (tertiary/aromatic N) is 6. The SMILES string of the molecule is Cc1c(N=c2scc(-c3ccco3)n2N=Cc2ccc(C#N)cc2)c(=O)n(-c2ccccc2)n1C. The molecule has 172 valence electrons. The third-order valence-electron chi connectivity index (χ3n) is 5.55. The van der Waals surface area contributed by atoms with Gasteiger partial charge in [-0.2, -0.15) is 10.4 Å². The Balaban J connectivity index is 1.66. The summed E-state index contributed by atoms with van der Waals surface area (Å²) in [5.41, 5.74) is 3.72. The third-order valence-corrected chi connectivity index (χ3v) is 6.37. The van der Waals surface area contributed by atoms with Gasteiger partial charge in [0, 0.05) is 12.4 Å². The first-order valence-corrected chi connectivity index (χ1v) is 11.6.